The van der Waals surface area contributed by atoms with E-state index in [-0.39, 0.29) is 0 Å². The zero-order valence-electron chi connectivity index (χ0n) is 27.0. The molecule has 1 heterocycles. The van der Waals surface area contributed by atoms with Gasteiger partial charge in [-0.2, -0.15) is 15.8 Å². The van der Waals surface area contributed by atoms with Crippen molar-refractivity contribution in [3.63, 3.8) is 0 Å². The van der Waals surface area contributed by atoms with Crippen LogP contribution in [0.1, 0.15) is 16.7 Å². The molecule has 0 aliphatic heterocycles. The Morgan fingerprint density at radius 2 is 0.960 bits per heavy atom. The van der Waals surface area contributed by atoms with Crippen molar-refractivity contribution in [1.82, 2.24) is 4.57 Å². The second-order valence-electron chi connectivity index (χ2n) is 12.3. The Labute approximate surface area is 291 Å². The van der Waals surface area contributed by atoms with Crippen molar-refractivity contribution < 1.29 is 0 Å². The van der Waals surface area contributed by atoms with Gasteiger partial charge in [0.2, 0.25) is 0 Å². The minimum Gasteiger partial charge on any atom is -0.309 e. The van der Waals surface area contributed by atoms with E-state index in [1.807, 2.05) is 66.7 Å². The van der Waals surface area contributed by atoms with E-state index in [4.69, 9.17) is 0 Å². The van der Waals surface area contributed by atoms with Crippen LogP contribution in [0.4, 0.5) is 0 Å². The monoisotopic (exact) mass is 652 g/mol. The second-order valence-corrected chi connectivity index (χ2v) is 16.1. The summed E-state index contributed by atoms with van der Waals surface area (Å²) >= 11 is 0. The first-order valence-corrected chi connectivity index (χ1v) is 18.4. The molecular weight excluding hydrogens is 625 g/mol. The Morgan fingerprint density at radius 3 is 1.52 bits per heavy atom. The van der Waals surface area contributed by atoms with Crippen LogP contribution < -0.4 is 20.7 Å². The van der Waals surface area contributed by atoms with Gasteiger partial charge in [-0.15, -0.1) is 0 Å². The summed E-state index contributed by atoms with van der Waals surface area (Å²) in [5.74, 6) is 0. The Hall–Kier alpha value is -6.97. The number of fused-ring (bicyclic) bond motifs is 3. The van der Waals surface area contributed by atoms with Crippen molar-refractivity contribution in [2.75, 3.05) is 0 Å². The third kappa shape index (κ3) is 4.88. The second kappa shape index (κ2) is 12.6. The fourth-order valence-electron chi connectivity index (χ4n) is 7.43. The molecule has 0 saturated heterocycles. The van der Waals surface area contributed by atoms with Crippen LogP contribution in [-0.4, -0.2) is 12.6 Å². The van der Waals surface area contributed by atoms with E-state index in [0.717, 1.165) is 43.8 Å². The van der Waals surface area contributed by atoms with Gasteiger partial charge in [0.15, 0.2) is 8.07 Å². The molecule has 8 aromatic rings. The van der Waals surface area contributed by atoms with Crippen LogP contribution in [0.5, 0.6) is 0 Å². The largest absolute Gasteiger partial charge is 0.309 e. The molecule has 0 N–H and O–H groups in total. The number of benzene rings is 7. The molecular formula is C45H28N4Si. The lowest BCUT2D eigenvalue weighted by Gasteiger charge is -2.35. The van der Waals surface area contributed by atoms with Crippen LogP contribution in [0, 0.1) is 34.0 Å². The summed E-state index contributed by atoms with van der Waals surface area (Å²) in [5, 5.41) is 36.2. The molecule has 0 fully saturated rings. The molecule has 0 radical (unpaired) electrons. The van der Waals surface area contributed by atoms with Crippen LogP contribution in [0.15, 0.2) is 170 Å². The number of nitrogens with zero attached hydrogens (tertiary/aromatic N) is 4. The summed E-state index contributed by atoms with van der Waals surface area (Å²) in [7, 11) is -2.89. The highest BCUT2D eigenvalue weighted by Crippen LogP contribution is 2.34. The van der Waals surface area contributed by atoms with Gasteiger partial charge in [-0.05, 0) is 86.5 Å². The molecule has 0 unspecified atom stereocenters. The molecule has 4 nitrogen and oxygen atoms in total. The standard InChI is InChI=1S/C45H28N4Si/c46-29-32-18-24-43-41(26-32)42-27-33(30-47)19-25-44(42)49(43)37-12-9-11-35(28-37)34-20-22-40(23-21-34)50(38-13-3-1-4-14-38,39-15-5-2-6-16-39)45-17-8-7-10-36(45)31-48/h1-28H. The van der Waals surface area contributed by atoms with Crippen molar-refractivity contribution in [2.24, 2.45) is 0 Å². The van der Waals surface area contributed by atoms with E-state index < -0.39 is 8.07 Å². The number of hydrogen-bond donors (Lipinski definition) is 0. The first kappa shape index (κ1) is 30.4. The van der Waals surface area contributed by atoms with Gasteiger partial charge in [0.1, 0.15) is 0 Å². The molecule has 0 saturated carbocycles. The Morgan fingerprint density at radius 1 is 0.420 bits per heavy atom. The predicted octanol–water partition coefficient (Wildman–Crippen LogP) is 7.44. The zero-order valence-corrected chi connectivity index (χ0v) is 28.0. The molecule has 8 rings (SSSR count). The molecule has 0 amide bonds. The summed E-state index contributed by atoms with van der Waals surface area (Å²) in [6, 6.07) is 65.1. The topological polar surface area (TPSA) is 76.3 Å². The number of rotatable bonds is 6. The van der Waals surface area contributed by atoms with E-state index >= 15 is 0 Å². The lowest BCUT2D eigenvalue weighted by molar-refractivity contribution is 1.18. The first-order chi connectivity index (χ1) is 24.6. The van der Waals surface area contributed by atoms with E-state index in [0.29, 0.717) is 16.7 Å². The van der Waals surface area contributed by atoms with Gasteiger partial charge in [0.25, 0.3) is 0 Å². The van der Waals surface area contributed by atoms with Crippen molar-refractivity contribution in [2.45, 2.75) is 0 Å². The van der Waals surface area contributed by atoms with Gasteiger partial charge in [0, 0.05) is 16.5 Å². The van der Waals surface area contributed by atoms with Gasteiger partial charge in [-0.25, -0.2) is 0 Å². The molecule has 7 aromatic carbocycles. The maximum Gasteiger partial charge on any atom is 0.180 e. The number of nitriles is 3. The third-order valence-electron chi connectivity index (χ3n) is 9.64. The summed E-state index contributed by atoms with van der Waals surface area (Å²) in [4.78, 5) is 0. The van der Waals surface area contributed by atoms with Gasteiger partial charge in [0.05, 0.1) is 45.9 Å². The minimum absolute atomic E-state index is 0.579. The van der Waals surface area contributed by atoms with Crippen LogP contribution in [0.3, 0.4) is 0 Å². The normalized spacial score (nSPS) is 11.1. The number of hydrogen-bond acceptors (Lipinski definition) is 3. The smallest absolute Gasteiger partial charge is 0.180 e. The van der Waals surface area contributed by atoms with Crippen molar-refractivity contribution >= 4 is 50.6 Å². The Kier molecular flexibility index (Phi) is 7.63. The summed E-state index contributed by atoms with van der Waals surface area (Å²) < 4.78 is 2.20. The Bertz CT molecular complexity index is 2560. The van der Waals surface area contributed by atoms with Gasteiger partial charge in [-0.3, -0.25) is 0 Å². The maximum absolute atomic E-state index is 10.3. The zero-order chi connectivity index (χ0) is 34.1. The summed E-state index contributed by atoms with van der Waals surface area (Å²) in [6.45, 7) is 0. The average molecular weight is 653 g/mol. The lowest BCUT2D eigenvalue weighted by Crippen LogP contribution is -2.75. The fourth-order valence-corrected chi connectivity index (χ4v) is 12.3. The molecule has 0 aliphatic rings. The highest BCUT2D eigenvalue weighted by Gasteiger charge is 2.42. The van der Waals surface area contributed by atoms with Gasteiger partial charge >= 0.3 is 0 Å². The SMILES string of the molecule is N#Cc1ccc2c(c1)c1cc(C#N)ccc1n2-c1cccc(-c2ccc([Si](c3ccccc3)(c3ccccc3)c3ccccc3C#N)cc2)c1. The summed E-state index contributed by atoms with van der Waals surface area (Å²) in [6.07, 6.45) is 0. The van der Waals surface area contributed by atoms with Gasteiger partial charge < -0.3 is 4.57 Å². The quantitative estimate of drug-likeness (QED) is 0.138. The maximum atomic E-state index is 10.3. The first-order valence-electron chi connectivity index (χ1n) is 16.4. The van der Waals surface area contributed by atoms with Crippen LogP contribution in [-0.2, 0) is 0 Å². The van der Waals surface area contributed by atoms with Crippen molar-refractivity contribution in [1.29, 1.82) is 15.8 Å². The summed E-state index contributed by atoms with van der Waals surface area (Å²) in [5.41, 5.74) is 6.92. The number of aromatic nitrogens is 1. The van der Waals surface area contributed by atoms with E-state index in [1.165, 1.54) is 15.6 Å². The minimum atomic E-state index is -2.89. The van der Waals surface area contributed by atoms with Crippen molar-refractivity contribution in [3.05, 3.63) is 187 Å². The lowest BCUT2D eigenvalue weighted by atomic mass is 10.1. The third-order valence-corrected chi connectivity index (χ3v) is 14.5. The predicted molar refractivity (Wildman–Crippen MR) is 204 cm³/mol. The molecule has 232 valence electrons. The van der Waals surface area contributed by atoms with Crippen LogP contribution >= 0.6 is 0 Å². The molecule has 0 aliphatic carbocycles. The van der Waals surface area contributed by atoms with Crippen molar-refractivity contribution in [3.8, 4) is 35.0 Å². The van der Waals surface area contributed by atoms with Gasteiger partial charge in [-0.1, -0.05) is 115 Å². The molecule has 0 bridgehead atoms. The molecule has 0 atom stereocenters. The molecule has 0 spiro atoms. The Balaban J connectivity index is 1.30. The van der Waals surface area contributed by atoms with E-state index in [2.05, 4.69) is 126 Å². The van der Waals surface area contributed by atoms with Crippen LogP contribution in [0.2, 0.25) is 0 Å². The average Bonchev–Trinajstić information content (AvgIpc) is 3.52. The highest BCUT2D eigenvalue weighted by atomic mass is 28.3. The van der Waals surface area contributed by atoms with E-state index in [1.54, 1.807) is 0 Å². The fraction of sp³-hybridized carbons (Fsp3) is 0. The molecule has 1 aromatic heterocycles. The van der Waals surface area contributed by atoms with Crippen LogP contribution in [0.25, 0.3) is 38.6 Å². The molecule has 50 heavy (non-hydrogen) atoms. The van der Waals surface area contributed by atoms with E-state index in [9.17, 15) is 15.8 Å². The highest BCUT2D eigenvalue weighted by molar-refractivity contribution is 7.20. The molecule has 5 heteroatoms.